The third-order valence-electron chi connectivity index (χ3n) is 3.58. The number of rotatable bonds is 3. The molecule has 0 aromatic heterocycles. The Hall–Kier alpha value is -0.330. The third-order valence-corrected chi connectivity index (χ3v) is 3.58. The zero-order valence-electron chi connectivity index (χ0n) is 10.1. The normalized spacial score (nSPS) is 20.5. The first-order valence-corrected chi connectivity index (χ1v) is 5.93. The summed E-state index contributed by atoms with van der Waals surface area (Å²) in [5, 5.41) is 0. The van der Waals surface area contributed by atoms with Gasteiger partial charge in [-0.1, -0.05) is 27.7 Å². The Bertz CT molecular complexity index is 193. The van der Waals surface area contributed by atoms with Crippen LogP contribution >= 0.6 is 0 Å². The van der Waals surface area contributed by atoms with Crippen LogP contribution in [0, 0.1) is 17.3 Å². The minimum absolute atomic E-state index is 0.425. The van der Waals surface area contributed by atoms with Crippen LogP contribution in [-0.4, -0.2) is 5.78 Å². The zero-order chi connectivity index (χ0) is 10.8. The summed E-state index contributed by atoms with van der Waals surface area (Å²) in [7, 11) is 0. The largest absolute Gasteiger partial charge is 0.300 e. The van der Waals surface area contributed by atoms with Gasteiger partial charge in [0.25, 0.3) is 0 Å². The molecule has 1 fully saturated rings. The van der Waals surface area contributed by atoms with Crippen molar-refractivity contribution in [3.05, 3.63) is 0 Å². The van der Waals surface area contributed by atoms with E-state index in [0.29, 0.717) is 11.2 Å². The Kier molecular flexibility index (Phi) is 3.74. The van der Waals surface area contributed by atoms with E-state index >= 15 is 0 Å². The molecule has 1 rings (SSSR count). The van der Waals surface area contributed by atoms with E-state index in [-0.39, 0.29) is 0 Å². The molecule has 0 radical (unpaired) electrons. The molecule has 1 aliphatic carbocycles. The Morgan fingerprint density at radius 3 is 2.21 bits per heavy atom. The molecule has 0 N–H and O–H groups in total. The average molecular weight is 196 g/mol. The molecular weight excluding hydrogens is 172 g/mol. The van der Waals surface area contributed by atoms with Crippen molar-refractivity contribution in [2.75, 3.05) is 0 Å². The maximum Gasteiger partial charge on any atom is 0.132 e. The fourth-order valence-electron chi connectivity index (χ4n) is 2.94. The minimum Gasteiger partial charge on any atom is -0.300 e. The number of carbonyl (C=O) groups excluding carboxylic acids is 1. The van der Waals surface area contributed by atoms with Crippen LogP contribution in [-0.2, 0) is 4.79 Å². The molecule has 0 aromatic rings. The predicted molar refractivity (Wildman–Crippen MR) is 60.2 cm³/mol. The lowest BCUT2D eigenvalue weighted by molar-refractivity contribution is -0.121. The zero-order valence-corrected chi connectivity index (χ0v) is 10.1. The van der Waals surface area contributed by atoms with Crippen molar-refractivity contribution in [1.29, 1.82) is 0 Å². The van der Waals surface area contributed by atoms with Crippen LogP contribution in [0.4, 0.5) is 0 Å². The first-order valence-electron chi connectivity index (χ1n) is 5.93. The van der Waals surface area contributed by atoms with E-state index in [1.807, 2.05) is 0 Å². The van der Waals surface area contributed by atoms with E-state index in [9.17, 15) is 4.79 Å². The van der Waals surface area contributed by atoms with Gasteiger partial charge in [-0.3, -0.25) is 4.79 Å². The van der Waals surface area contributed by atoms with Crippen LogP contribution < -0.4 is 0 Å². The van der Waals surface area contributed by atoms with Crippen LogP contribution in [0.1, 0.15) is 59.8 Å². The highest BCUT2D eigenvalue weighted by molar-refractivity contribution is 5.79. The standard InChI is InChI=1S/C13H24O/c1-10(2)9-13(3,4)11-5-7-12(14)8-6-11/h10-11H,5-9H2,1-4H3. The van der Waals surface area contributed by atoms with Crippen molar-refractivity contribution in [2.45, 2.75) is 59.8 Å². The van der Waals surface area contributed by atoms with Crippen molar-refractivity contribution < 1.29 is 4.79 Å². The molecule has 14 heavy (non-hydrogen) atoms. The number of carbonyl (C=O) groups is 1. The topological polar surface area (TPSA) is 17.1 Å². The molecule has 0 spiro atoms. The number of ketones is 1. The molecule has 0 saturated heterocycles. The summed E-state index contributed by atoms with van der Waals surface area (Å²) in [6.45, 7) is 9.31. The van der Waals surface area contributed by atoms with E-state index in [2.05, 4.69) is 27.7 Å². The molecule has 0 amide bonds. The maximum atomic E-state index is 11.2. The highest BCUT2D eigenvalue weighted by atomic mass is 16.1. The molecule has 1 saturated carbocycles. The molecule has 0 bridgehead atoms. The van der Waals surface area contributed by atoms with Gasteiger partial charge in [-0.05, 0) is 36.5 Å². The Morgan fingerprint density at radius 2 is 1.79 bits per heavy atom. The highest BCUT2D eigenvalue weighted by Crippen LogP contribution is 2.41. The smallest absolute Gasteiger partial charge is 0.132 e. The van der Waals surface area contributed by atoms with Gasteiger partial charge in [0.05, 0.1) is 0 Å². The lowest BCUT2D eigenvalue weighted by Crippen LogP contribution is -2.29. The van der Waals surface area contributed by atoms with Crippen molar-refractivity contribution in [1.82, 2.24) is 0 Å². The number of hydrogen-bond acceptors (Lipinski definition) is 1. The van der Waals surface area contributed by atoms with E-state index in [1.54, 1.807) is 0 Å². The summed E-state index contributed by atoms with van der Waals surface area (Å²) < 4.78 is 0. The predicted octanol–water partition coefficient (Wildman–Crippen LogP) is 3.82. The highest BCUT2D eigenvalue weighted by Gasteiger charge is 2.32. The van der Waals surface area contributed by atoms with Gasteiger partial charge in [-0.15, -0.1) is 0 Å². The van der Waals surface area contributed by atoms with Crippen LogP contribution in [0.25, 0.3) is 0 Å². The SMILES string of the molecule is CC(C)CC(C)(C)C1CCC(=O)CC1. The molecule has 0 atom stereocenters. The molecular formula is C13H24O. The second-order valence-corrected chi connectivity index (χ2v) is 5.90. The summed E-state index contributed by atoms with van der Waals surface area (Å²) >= 11 is 0. The minimum atomic E-state index is 0.425. The maximum absolute atomic E-state index is 11.2. The van der Waals surface area contributed by atoms with Crippen molar-refractivity contribution >= 4 is 5.78 Å². The van der Waals surface area contributed by atoms with Crippen LogP contribution in [0.3, 0.4) is 0 Å². The quantitative estimate of drug-likeness (QED) is 0.670. The Labute approximate surface area is 88.3 Å². The summed E-state index contributed by atoms with van der Waals surface area (Å²) in [6, 6.07) is 0. The van der Waals surface area contributed by atoms with Crippen LogP contribution in [0.2, 0.25) is 0 Å². The molecule has 0 aliphatic heterocycles. The van der Waals surface area contributed by atoms with E-state index in [4.69, 9.17) is 0 Å². The van der Waals surface area contributed by atoms with Gasteiger partial charge in [-0.2, -0.15) is 0 Å². The fourth-order valence-corrected chi connectivity index (χ4v) is 2.94. The number of Topliss-reactive ketones (excluding diaryl/α,β-unsaturated/α-hetero) is 1. The summed E-state index contributed by atoms with van der Waals surface area (Å²) in [4.78, 5) is 11.2. The summed E-state index contributed by atoms with van der Waals surface area (Å²) in [5.41, 5.74) is 0.425. The van der Waals surface area contributed by atoms with E-state index in [0.717, 1.165) is 37.5 Å². The molecule has 0 heterocycles. The molecule has 1 heteroatoms. The van der Waals surface area contributed by atoms with Gasteiger partial charge < -0.3 is 0 Å². The third kappa shape index (κ3) is 3.11. The van der Waals surface area contributed by atoms with Gasteiger partial charge in [0.15, 0.2) is 0 Å². The lowest BCUT2D eigenvalue weighted by atomic mass is 9.67. The molecule has 1 nitrogen and oxygen atoms in total. The van der Waals surface area contributed by atoms with Crippen LogP contribution in [0.15, 0.2) is 0 Å². The van der Waals surface area contributed by atoms with E-state index < -0.39 is 0 Å². The Balaban J connectivity index is 2.50. The van der Waals surface area contributed by atoms with Gasteiger partial charge in [0, 0.05) is 12.8 Å². The average Bonchev–Trinajstić information content (AvgIpc) is 2.02. The van der Waals surface area contributed by atoms with E-state index in [1.165, 1.54) is 6.42 Å². The van der Waals surface area contributed by atoms with Crippen LogP contribution in [0.5, 0.6) is 0 Å². The second kappa shape index (κ2) is 4.46. The van der Waals surface area contributed by atoms with Gasteiger partial charge in [0.1, 0.15) is 5.78 Å². The lowest BCUT2D eigenvalue weighted by Gasteiger charge is -2.38. The monoisotopic (exact) mass is 196 g/mol. The fraction of sp³-hybridized carbons (Fsp3) is 0.923. The van der Waals surface area contributed by atoms with Gasteiger partial charge in [-0.25, -0.2) is 0 Å². The summed E-state index contributed by atoms with van der Waals surface area (Å²) in [6.07, 6.45) is 5.18. The first-order chi connectivity index (χ1) is 6.42. The van der Waals surface area contributed by atoms with Gasteiger partial charge in [0.2, 0.25) is 0 Å². The first kappa shape index (κ1) is 11.7. The molecule has 1 aliphatic rings. The number of hydrogen-bond donors (Lipinski definition) is 0. The summed E-state index contributed by atoms with van der Waals surface area (Å²) in [5.74, 6) is 2.01. The van der Waals surface area contributed by atoms with Crippen molar-refractivity contribution in [3.8, 4) is 0 Å². The molecule has 0 aromatic carbocycles. The molecule has 0 unspecified atom stereocenters. The van der Waals surface area contributed by atoms with Crippen molar-refractivity contribution in [2.24, 2.45) is 17.3 Å². The Morgan fingerprint density at radius 1 is 1.29 bits per heavy atom. The van der Waals surface area contributed by atoms with Gasteiger partial charge >= 0.3 is 0 Å². The van der Waals surface area contributed by atoms with Crippen molar-refractivity contribution in [3.63, 3.8) is 0 Å². The molecule has 82 valence electrons. The second-order valence-electron chi connectivity index (χ2n) is 5.90.